The second-order valence-electron chi connectivity index (χ2n) is 5.67. The van der Waals surface area contributed by atoms with Gasteiger partial charge in [0.25, 0.3) is 11.3 Å². The van der Waals surface area contributed by atoms with Crippen LogP contribution in [0.5, 0.6) is 0 Å². The van der Waals surface area contributed by atoms with Crippen molar-refractivity contribution in [2.24, 2.45) is 0 Å². The molecule has 3 aromatic rings. The van der Waals surface area contributed by atoms with E-state index >= 15 is 0 Å². The van der Waals surface area contributed by atoms with Gasteiger partial charge in [-0.3, -0.25) is 9.35 Å². The summed E-state index contributed by atoms with van der Waals surface area (Å²) in [6, 6.07) is 12.1. The smallest absolute Gasteiger partial charge is 0.310 e. The first-order valence-corrected chi connectivity index (χ1v) is 10.2. The molecule has 1 N–H and O–H groups in total. The van der Waals surface area contributed by atoms with Crippen molar-refractivity contribution in [1.29, 1.82) is 0 Å². The number of hydrogen-bond donors (Lipinski definition) is 1. The van der Waals surface area contributed by atoms with Gasteiger partial charge in [0, 0.05) is 9.50 Å². The molecule has 0 fully saturated rings. The minimum Gasteiger partial charge on any atom is -0.469 e. The molecule has 1 unspecified atom stereocenters. The van der Waals surface area contributed by atoms with E-state index in [0.717, 1.165) is 10.2 Å². The van der Waals surface area contributed by atoms with Crippen LogP contribution in [-0.2, 0) is 27.2 Å². The van der Waals surface area contributed by atoms with E-state index in [0.29, 0.717) is 22.0 Å². The molecule has 7 nitrogen and oxygen atoms in total. The maximum Gasteiger partial charge on any atom is 0.310 e. The topological polar surface area (TPSA) is 84.7 Å². The SMILES string of the molecule is COC(=O)Cc1cc(Br)ccc1N(c1cnn(-c2ccc(Cl)cc2)c1)S(=O)O. The number of anilines is 2. The summed E-state index contributed by atoms with van der Waals surface area (Å²) in [5.74, 6) is -0.458. The Morgan fingerprint density at radius 1 is 1.32 bits per heavy atom. The number of esters is 1. The summed E-state index contributed by atoms with van der Waals surface area (Å²) in [5, 5.41) is 4.85. The lowest BCUT2D eigenvalue weighted by Gasteiger charge is -2.21. The second-order valence-corrected chi connectivity index (χ2v) is 7.85. The van der Waals surface area contributed by atoms with Crippen LogP contribution in [0.2, 0.25) is 5.02 Å². The first-order chi connectivity index (χ1) is 13.4. The van der Waals surface area contributed by atoms with Crippen LogP contribution in [0.25, 0.3) is 5.69 Å². The third-order valence-electron chi connectivity index (χ3n) is 3.87. The fourth-order valence-electron chi connectivity index (χ4n) is 2.59. The third-order valence-corrected chi connectivity index (χ3v) is 5.34. The van der Waals surface area contributed by atoms with E-state index < -0.39 is 17.2 Å². The number of halogens is 2. The highest BCUT2D eigenvalue weighted by molar-refractivity contribution is 9.10. The van der Waals surface area contributed by atoms with Crippen molar-refractivity contribution in [2.45, 2.75) is 6.42 Å². The van der Waals surface area contributed by atoms with Gasteiger partial charge >= 0.3 is 5.97 Å². The molecule has 0 amide bonds. The van der Waals surface area contributed by atoms with E-state index in [-0.39, 0.29) is 6.42 Å². The minimum absolute atomic E-state index is 0.0513. The van der Waals surface area contributed by atoms with E-state index in [1.807, 2.05) is 0 Å². The Kier molecular flexibility index (Phi) is 6.50. The first-order valence-electron chi connectivity index (χ1n) is 7.96. The van der Waals surface area contributed by atoms with Crippen molar-refractivity contribution >= 4 is 56.1 Å². The Morgan fingerprint density at radius 2 is 2.04 bits per heavy atom. The number of carbonyl (C=O) groups is 1. The van der Waals surface area contributed by atoms with Gasteiger partial charge in [0.2, 0.25) is 0 Å². The Balaban J connectivity index is 2.03. The predicted molar refractivity (Wildman–Crippen MR) is 111 cm³/mol. The molecule has 3 rings (SSSR count). The lowest BCUT2D eigenvalue weighted by atomic mass is 10.1. The standard InChI is InChI=1S/C18H15BrClN3O4S/c1-27-18(24)9-12-8-13(19)2-7-17(12)23(28(25)26)16-10-21-22(11-16)15-5-3-14(20)4-6-15/h2-8,10-11H,9H2,1H3,(H,25,26). The second kappa shape index (κ2) is 8.87. The van der Waals surface area contributed by atoms with Crippen LogP contribution in [0.15, 0.2) is 59.3 Å². The summed E-state index contributed by atoms with van der Waals surface area (Å²) in [7, 11) is 1.29. The van der Waals surface area contributed by atoms with Crippen LogP contribution in [0.4, 0.5) is 11.4 Å². The molecule has 1 atom stereocenters. The van der Waals surface area contributed by atoms with Crippen LogP contribution in [0, 0.1) is 0 Å². The minimum atomic E-state index is -2.39. The highest BCUT2D eigenvalue weighted by Crippen LogP contribution is 2.32. The molecule has 0 bridgehead atoms. The number of ether oxygens (including phenoxy) is 1. The summed E-state index contributed by atoms with van der Waals surface area (Å²) >= 11 is 6.87. The zero-order chi connectivity index (χ0) is 20.3. The fraction of sp³-hybridized carbons (Fsp3) is 0.111. The van der Waals surface area contributed by atoms with Gasteiger partial charge in [-0.1, -0.05) is 27.5 Å². The van der Waals surface area contributed by atoms with Crippen LogP contribution in [0.3, 0.4) is 0 Å². The molecule has 28 heavy (non-hydrogen) atoms. The van der Waals surface area contributed by atoms with Gasteiger partial charge in [0.15, 0.2) is 0 Å². The molecule has 0 saturated carbocycles. The average Bonchev–Trinajstić information content (AvgIpc) is 3.13. The predicted octanol–water partition coefficient (Wildman–Crippen LogP) is 4.28. The van der Waals surface area contributed by atoms with Crippen molar-refractivity contribution in [3.63, 3.8) is 0 Å². The van der Waals surface area contributed by atoms with E-state index in [2.05, 4.69) is 21.0 Å². The van der Waals surface area contributed by atoms with Gasteiger partial charge in [-0.15, -0.1) is 0 Å². The van der Waals surface area contributed by atoms with Crippen molar-refractivity contribution in [2.75, 3.05) is 11.4 Å². The number of nitrogens with zero attached hydrogens (tertiary/aromatic N) is 3. The molecule has 0 radical (unpaired) electrons. The summed E-state index contributed by atoms with van der Waals surface area (Å²) in [6.45, 7) is 0. The first kappa shape index (κ1) is 20.5. The maximum absolute atomic E-state index is 12.1. The molecule has 1 heterocycles. The molecule has 0 aliphatic rings. The van der Waals surface area contributed by atoms with Gasteiger partial charge in [-0.05, 0) is 48.0 Å². The zero-order valence-electron chi connectivity index (χ0n) is 14.6. The number of hydrogen-bond acceptors (Lipinski definition) is 4. The summed E-state index contributed by atoms with van der Waals surface area (Å²) in [6.07, 6.45) is 3.03. The number of benzene rings is 2. The monoisotopic (exact) mass is 483 g/mol. The normalized spacial score (nSPS) is 11.9. The fourth-order valence-corrected chi connectivity index (χ4v) is 3.74. The molecule has 0 saturated heterocycles. The van der Waals surface area contributed by atoms with Gasteiger partial charge in [0.05, 0.1) is 43.0 Å². The lowest BCUT2D eigenvalue weighted by Crippen LogP contribution is -2.21. The largest absolute Gasteiger partial charge is 0.469 e. The van der Waals surface area contributed by atoms with Crippen LogP contribution in [-0.4, -0.2) is 31.6 Å². The Bertz CT molecular complexity index is 1030. The number of rotatable bonds is 6. The van der Waals surface area contributed by atoms with Crippen molar-refractivity contribution in [3.8, 4) is 5.69 Å². The third kappa shape index (κ3) is 4.61. The lowest BCUT2D eigenvalue weighted by molar-refractivity contribution is -0.139. The van der Waals surface area contributed by atoms with Crippen LogP contribution in [0.1, 0.15) is 5.56 Å². The Labute approximate surface area is 177 Å². The van der Waals surface area contributed by atoms with Gasteiger partial charge in [-0.2, -0.15) is 5.10 Å². The van der Waals surface area contributed by atoms with Gasteiger partial charge in [0.1, 0.15) is 0 Å². The molecule has 146 valence electrons. The van der Waals surface area contributed by atoms with Crippen molar-refractivity contribution < 1.29 is 18.3 Å². The molecule has 1 aromatic heterocycles. The van der Waals surface area contributed by atoms with Crippen molar-refractivity contribution in [3.05, 3.63) is 69.9 Å². The van der Waals surface area contributed by atoms with Crippen LogP contribution >= 0.6 is 27.5 Å². The Hall–Kier alpha value is -2.20. The highest BCUT2D eigenvalue weighted by Gasteiger charge is 2.22. The molecule has 0 aliphatic heterocycles. The molecule has 0 spiro atoms. The quantitative estimate of drug-likeness (QED) is 0.417. The summed E-state index contributed by atoms with van der Waals surface area (Å²) in [5.41, 5.74) is 2.04. The van der Waals surface area contributed by atoms with Crippen molar-refractivity contribution in [1.82, 2.24) is 9.78 Å². The molecule has 2 aromatic carbocycles. The number of methoxy groups -OCH3 is 1. The zero-order valence-corrected chi connectivity index (χ0v) is 17.7. The number of carbonyl (C=O) groups excluding carboxylic acids is 1. The van der Waals surface area contributed by atoms with E-state index in [9.17, 15) is 13.6 Å². The Morgan fingerprint density at radius 3 is 2.68 bits per heavy atom. The number of aromatic nitrogens is 2. The summed E-state index contributed by atoms with van der Waals surface area (Å²) in [4.78, 5) is 11.8. The molecule has 0 aliphatic carbocycles. The maximum atomic E-state index is 12.1. The van der Waals surface area contributed by atoms with Gasteiger partial charge in [-0.25, -0.2) is 13.2 Å². The average molecular weight is 485 g/mol. The van der Waals surface area contributed by atoms with E-state index in [1.54, 1.807) is 53.3 Å². The molecule has 10 heteroatoms. The summed E-state index contributed by atoms with van der Waals surface area (Å²) < 4.78 is 30.3. The highest BCUT2D eigenvalue weighted by atomic mass is 79.9. The molecular formula is C18H15BrClN3O4S. The van der Waals surface area contributed by atoms with Crippen LogP contribution < -0.4 is 4.31 Å². The molecular weight excluding hydrogens is 470 g/mol. The van der Waals surface area contributed by atoms with E-state index in [4.69, 9.17) is 16.3 Å². The van der Waals surface area contributed by atoms with Gasteiger partial charge < -0.3 is 4.74 Å². The van der Waals surface area contributed by atoms with E-state index in [1.165, 1.54) is 17.6 Å².